The number of carbonyl (C=O) groups excluding carboxylic acids is 2. The number of non-ortho nitro benzene ring substituents is 1. The number of hydrogen-bond donors (Lipinski definition) is 3. The van der Waals surface area contributed by atoms with Crippen LogP contribution in [0.4, 0.5) is 11.4 Å². The fourth-order valence-electron chi connectivity index (χ4n) is 1.59. The van der Waals surface area contributed by atoms with Crippen molar-refractivity contribution in [2.75, 3.05) is 25.5 Å². The summed E-state index contributed by atoms with van der Waals surface area (Å²) in [5.74, 6) is -0.891. The highest BCUT2D eigenvalue weighted by Crippen LogP contribution is 2.22. The van der Waals surface area contributed by atoms with Crippen LogP contribution in [0.25, 0.3) is 0 Å². The predicted octanol–water partition coefficient (Wildman–Crippen LogP) is 0.892. The van der Waals surface area contributed by atoms with E-state index in [9.17, 15) is 19.7 Å². The average Bonchev–Trinajstić information content (AvgIpc) is 2.49. The zero-order valence-electron chi connectivity index (χ0n) is 11.9. The third kappa shape index (κ3) is 4.75. The average molecular weight is 294 g/mol. The van der Waals surface area contributed by atoms with Crippen molar-refractivity contribution in [2.45, 2.75) is 13.3 Å². The van der Waals surface area contributed by atoms with Crippen LogP contribution in [-0.2, 0) is 4.79 Å². The zero-order valence-corrected chi connectivity index (χ0v) is 11.9. The molecule has 0 atom stereocenters. The molecule has 0 fully saturated rings. The molecule has 0 aliphatic rings. The molecule has 1 aromatic carbocycles. The first kappa shape index (κ1) is 16.4. The second kappa shape index (κ2) is 7.83. The number of nitrogens with zero attached hydrogens (tertiary/aromatic N) is 1. The lowest BCUT2D eigenvalue weighted by Crippen LogP contribution is -2.35. The van der Waals surface area contributed by atoms with Crippen LogP contribution < -0.4 is 16.0 Å². The molecule has 2 amide bonds. The molecule has 1 aromatic rings. The minimum Gasteiger partial charge on any atom is -0.384 e. The Balaban J connectivity index is 2.98. The van der Waals surface area contributed by atoms with Crippen LogP contribution in [-0.4, -0.2) is 36.9 Å². The molecule has 1 rings (SSSR count). The van der Waals surface area contributed by atoms with Gasteiger partial charge in [-0.3, -0.25) is 19.7 Å². The van der Waals surface area contributed by atoms with Gasteiger partial charge in [0.05, 0.1) is 17.0 Å². The first-order valence-electron chi connectivity index (χ1n) is 6.50. The molecule has 0 aliphatic heterocycles. The van der Waals surface area contributed by atoms with Crippen LogP contribution in [0.15, 0.2) is 18.2 Å². The Morgan fingerprint density at radius 3 is 2.62 bits per heavy atom. The van der Waals surface area contributed by atoms with E-state index >= 15 is 0 Å². The fourth-order valence-corrected chi connectivity index (χ4v) is 1.59. The molecule has 114 valence electrons. The maximum atomic E-state index is 12.1. The third-order valence-corrected chi connectivity index (χ3v) is 2.71. The topological polar surface area (TPSA) is 113 Å². The van der Waals surface area contributed by atoms with E-state index in [0.29, 0.717) is 12.2 Å². The molecule has 0 bridgehead atoms. The van der Waals surface area contributed by atoms with E-state index in [-0.39, 0.29) is 23.7 Å². The Labute approximate surface area is 122 Å². The van der Waals surface area contributed by atoms with Crippen molar-refractivity contribution in [1.82, 2.24) is 10.6 Å². The molecule has 3 N–H and O–H groups in total. The first-order chi connectivity index (χ1) is 9.99. The summed E-state index contributed by atoms with van der Waals surface area (Å²) in [6, 6.07) is 4.01. The Morgan fingerprint density at radius 2 is 2.05 bits per heavy atom. The van der Waals surface area contributed by atoms with Crippen molar-refractivity contribution in [3.05, 3.63) is 33.9 Å². The second-order valence-corrected chi connectivity index (χ2v) is 4.27. The van der Waals surface area contributed by atoms with Crippen molar-refractivity contribution in [3.8, 4) is 0 Å². The molecule has 0 radical (unpaired) electrons. The van der Waals surface area contributed by atoms with Crippen LogP contribution >= 0.6 is 0 Å². The molecule has 8 nitrogen and oxygen atoms in total. The Morgan fingerprint density at radius 1 is 1.33 bits per heavy atom. The molecule has 0 saturated heterocycles. The van der Waals surface area contributed by atoms with Gasteiger partial charge in [0.2, 0.25) is 5.91 Å². The van der Waals surface area contributed by atoms with Crippen LogP contribution in [0.5, 0.6) is 0 Å². The normalized spacial score (nSPS) is 9.81. The number of amides is 2. The van der Waals surface area contributed by atoms with Gasteiger partial charge in [-0.05, 0) is 12.5 Å². The van der Waals surface area contributed by atoms with Gasteiger partial charge in [-0.25, -0.2) is 0 Å². The van der Waals surface area contributed by atoms with Gasteiger partial charge in [0.1, 0.15) is 0 Å². The summed E-state index contributed by atoms with van der Waals surface area (Å²) in [6.07, 6.45) is 0.844. The molecule has 8 heteroatoms. The Bertz CT molecular complexity index is 545. The van der Waals surface area contributed by atoms with E-state index in [1.807, 2.05) is 6.92 Å². The number of anilines is 1. The number of likely N-dealkylation sites (N-methyl/N-ethyl adjacent to an activating group) is 1. The molecule has 0 saturated carbocycles. The number of rotatable bonds is 7. The summed E-state index contributed by atoms with van der Waals surface area (Å²) in [5.41, 5.74) is 0.459. The lowest BCUT2D eigenvalue weighted by atomic mass is 10.1. The third-order valence-electron chi connectivity index (χ3n) is 2.71. The number of carbonyl (C=O) groups is 2. The highest BCUT2D eigenvalue weighted by molar-refractivity contribution is 6.01. The highest BCUT2D eigenvalue weighted by atomic mass is 16.6. The molecule has 21 heavy (non-hydrogen) atoms. The SMILES string of the molecule is CCCNc1ccc([N+](=O)[O-])cc1C(=O)NCC(=O)NC. The van der Waals surface area contributed by atoms with Gasteiger partial charge in [-0.15, -0.1) is 0 Å². The van der Waals surface area contributed by atoms with Gasteiger partial charge >= 0.3 is 0 Å². The van der Waals surface area contributed by atoms with Gasteiger partial charge in [0, 0.05) is 31.4 Å². The molecule has 0 aliphatic carbocycles. The summed E-state index contributed by atoms with van der Waals surface area (Å²) < 4.78 is 0. The van der Waals surface area contributed by atoms with Crippen LogP contribution in [0.3, 0.4) is 0 Å². The van der Waals surface area contributed by atoms with Crippen molar-refractivity contribution in [2.24, 2.45) is 0 Å². The number of benzene rings is 1. The van der Waals surface area contributed by atoms with Crippen LogP contribution in [0, 0.1) is 10.1 Å². The largest absolute Gasteiger partial charge is 0.384 e. The molecule has 0 heterocycles. The van der Waals surface area contributed by atoms with E-state index in [0.717, 1.165) is 6.42 Å². The summed E-state index contributed by atoms with van der Waals surface area (Å²) >= 11 is 0. The van der Waals surface area contributed by atoms with Crippen LogP contribution in [0.2, 0.25) is 0 Å². The maximum absolute atomic E-state index is 12.1. The maximum Gasteiger partial charge on any atom is 0.270 e. The van der Waals surface area contributed by atoms with Gasteiger partial charge in [-0.2, -0.15) is 0 Å². The standard InChI is InChI=1S/C13H18N4O4/c1-3-6-15-11-5-4-9(17(20)21)7-10(11)13(19)16-8-12(18)14-2/h4-5,7,15H,3,6,8H2,1-2H3,(H,14,18)(H,16,19). The minimum atomic E-state index is -0.570. The van der Waals surface area contributed by atoms with Gasteiger partial charge < -0.3 is 16.0 Å². The molecule has 0 unspecified atom stereocenters. The van der Waals surface area contributed by atoms with Crippen molar-refractivity contribution in [3.63, 3.8) is 0 Å². The highest BCUT2D eigenvalue weighted by Gasteiger charge is 2.17. The summed E-state index contributed by atoms with van der Waals surface area (Å²) in [4.78, 5) is 33.4. The first-order valence-corrected chi connectivity index (χ1v) is 6.50. The van der Waals surface area contributed by atoms with Gasteiger partial charge in [-0.1, -0.05) is 6.92 Å². The van der Waals surface area contributed by atoms with Crippen molar-refractivity contribution in [1.29, 1.82) is 0 Å². The molecular formula is C13H18N4O4. The smallest absolute Gasteiger partial charge is 0.270 e. The number of hydrogen-bond acceptors (Lipinski definition) is 5. The lowest BCUT2D eigenvalue weighted by Gasteiger charge is -2.11. The number of nitrogens with one attached hydrogen (secondary N) is 3. The quantitative estimate of drug-likeness (QED) is 0.510. The van der Waals surface area contributed by atoms with E-state index in [1.54, 1.807) is 0 Å². The summed E-state index contributed by atoms with van der Waals surface area (Å²) in [7, 11) is 1.45. The van der Waals surface area contributed by atoms with E-state index < -0.39 is 10.8 Å². The van der Waals surface area contributed by atoms with Gasteiger partial charge in [0.15, 0.2) is 0 Å². The molecular weight excluding hydrogens is 276 g/mol. The molecule has 0 spiro atoms. The second-order valence-electron chi connectivity index (χ2n) is 4.27. The van der Waals surface area contributed by atoms with E-state index in [4.69, 9.17) is 0 Å². The fraction of sp³-hybridized carbons (Fsp3) is 0.385. The van der Waals surface area contributed by atoms with Crippen LogP contribution in [0.1, 0.15) is 23.7 Å². The lowest BCUT2D eigenvalue weighted by molar-refractivity contribution is -0.384. The minimum absolute atomic E-state index is 0.140. The zero-order chi connectivity index (χ0) is 15.8. The Hall–Kier alpha value is -2.64. The predicted molar refractivity (Wildman–Crippen MR) is 78.3 cm³/mol. The number of nitro groups is 1. The summed E-state index contributed by atoms with van der Waals surface area (Å²) in [6.45, 7) is 2.41. The number of nitro benzene ring substituents is 1. The van der Waals surface area contributed by atoms with Crippen molar-refractivity contribution >= 4 is 23.2 Å². The monoisotopic (exact) mass is 294 g/mol. The summed E-state index contributed by atoms with van der Waals surface area (Å²) in [5, 5.41) is 18.6. The van der Waals surface area contributed by atoms with Gasteiger partial charge in [0.25, 0.3) is 11.6 Å². The van der Waals surface area contributed by atoms with E-state index in [1.165, 1.54) is 25.2 Å². The van der Waals surface area contributed by atoms with E-state index in [2.05, 4.69) is 16.0 Å². The Kier molecular flexibility index (Phi) is 6.12. The molecule has 0 aromatic heterocycles. The van der Waals surface area contributed by atoms with Crippen molar-refractivity contribution < 1.29 is 14.5 Å².